The van der Waals surface area contributed by atoms with Gasteiger partial charge in [0.05, 0.1) is 18.5 Å². The first-order chi connectivity index (χ1) is 9.08. The van der Waals surface area contributed by atoms with Gasteiger partial charge in [0.15, 0.2) is 0 Å². The third-order valence-corrected chi connectivity index (χ3v) is 4.19. The molecule has 1 aromatic carbocycles. The number of likely N-dealkylation sites (N-methyl/N-ethyl adjacent to an activating group) is 1. The van der Waals surface area contributed by atoms with Gasteiger partial charge in [-0.2, -0.15) is 0 Å². The molecule has 1 N–H and O–H groups in total. The highest BCUT2D eigenvalue weighted by atomic mass is 16.4. The summed E-state index contributed by atoms with van der Waals surface area (Å²) in [4.78, 5) is 24.6. The van der Waals surface area contributed by atoms with Gasteiger partial charge >= 0.3 is 5.97 Å². The van der Waals surface area contributed by atoms with Crippen LogP contribution in [0.2, 0.25) is 0 Å². The molecule has 1 saturated carbocycles. The van der Waals surface area contributed by atoms with Gasteiger partial charge in [-0.05, 0) is 35.8 Å². The maximum absolute atomic E-state index is 11.8. The number of fused-ring (bicyclic) bond motifs is 1. The van der Waals surface area contributed by atoms with Gasteiger partial charge in [-0.15, -0.1) is 0 Å². The topological polar surface area (TPSA) is 57.6 Å². The maximum atomic E-state index is 11.8. The Labute approximate surface area is 112 Å². The molecule has 1 unspecified atom stereocenters. The number of carboxylic acid groups (broad SMARTS) is 1. The summed E-state index contributed by atoms with van der Waals surface area (Å²) in [6.45, 7) is 0. The molecule has 1 amide bonds. The molecular formula is C15H17NO3. The number of anilines is 1. The smallest absolute Gasteiger partial charge is 0.303 e. The minimum absolute atomic E-state index is 0.0424. The number of carbonyl (C=O) groups excluding carboxylic acids is 1. The summed E-state index contributed by atoms with van der Waals surface area (Å²) in [5.41, 5.74) is 3.02. The van der Waals surface area contributed by atoms with E-state index in [1.807, 2.05) is 18.2 Å². The fraction of sp³-hybridized carbons (Fsp3) is 0.467. The van der Waals surface area contributed by atoms with E-state index in [1.165, 1.54) is 0 Å². The Hall–Kier alpha value is -1.84. The quantitative estimate of drug-likeness (QED) is 0.901. The molecular weight excluding hydrogens is 242 g/mol. The van der Waals surface area contributed by atoms with E-state index in [-0.39, 0.29) is 18.2 Å². The van der Waals surface area contributed by atoms with Crippen LogP contribution in [0.3, 0.4) is 0 Å². The number of amides is 1. The Kier molecular flexibility index (Phi) is 2.81. The van der Waals surface area contributed by atoms with E-state index in [9.17, 15) is 9.59 Å². The zero-order chi connectivity index (χ0) is 13.6. The van der Waals surface area contributed by atoms with Crippen LogP contribution in [0.25, 0.3) is 0 Å². The van der Waals surface area contributed by atoms with Gasteiger partial charge in [-0.1, -0.05) is 18.2 Å². The van der Waals surface area contributed by atoms with Crippen molar-refractivity contribution in [3.8, 4) is 0 Å². The summed E-state index contributed by atoms with van der Waals surface area (Å²) < 4.78 is 0. The number of carboxylic acids is 1. The summed E-state index contributed by atoms with van der Waals surface area (Å²) in [6, 6.07) is 5.89. The van der Waals surface area contributed by atoms with Gasteiger partial charge < -0.3 is 10.0 Å². The van der Waals surface area contributed by atoms with Gasteiger partial charge in [0.1, 0.15) is 0 Å². The van der Waals surface area contributed by atoms with Gasteiger partial charge in [-0.3, -0.25) is 9.59 Å². The lowest BCUT2D eigenvalue weighted by molar-refractivity contribution is -0.137. The van der Waals surface area contributed by atoms with E-state index >= 15 is 0 Å². The molecule has 1 heterocycles. The summed E-state index contributed by atoms with van der Waals surface area (Å²) in [7, 11) is 1.78. The van der Waals surface area contributed by atoms with Gasteiger partial charge in [0, 0.05) is 7.05 Å². The highest BCUT2D eigenvalue weighted by Crippen LogP contribution is 2.48. The molecule has 0 saturated heterocycles. The molecule has 1 aliphatic carbocycles. The molecule has 4 heteroatoms. The van der Waals surface area contributed by atoms with Crippen LogP contribution < -0.4 is 4.90 Å². The summed E-state index contributed by atoms with van der Waals surface area (Å²) in [6.07, 6.45) is 2.78. The Morgan fingerprint density at radius 1 is 1.47 bits per heavy atom. The molecule has 0 radical (unpaired) electrons. The van der Waals surface area contributed by atoms with Gasteiger partial charge in [0.25, 0.3) is 0 Å². The Morgan fingerprint density at radius 2 is 2.21 bits per heavy atom. The second kappa shape index (κ2) is 4.37. The summed E-state index contributed by atoms with van der Waals surface area (Å²) in [5.74, 6) is -0.165. The minimum Gasteiger partial charge on any atom is -0.481 e. The molecule has 1 fully saturated rings. The first-order valence-corrected chi connectivity index (χ1v) is 6.68. The number of para-hydroxylation sites is 1. The number of hydrogen-bond acceptors (Lipinski definition) is 2. The predicted octanol–water partition coefficient (Wildman–Crippen LogP) is 2.17. The van der Waals surface area contributed by atoms with Crippen LogP contribution in [-0.2, 0) is 16.0 Å². The van der Waals surface area contributed by atoms with Crippen molar-refractivity contribution in [3.63, 3.8) is 0 Å². The highest BCUT2D eigenvalue weighted by Gasteiger charge is 2.37. The predicted molar refractivity (Wildman–Crippen MR) is 71.3 cm³/mol. The van der Waals surface area contributed by atoms with E-state index in [4.69, 9.17) is 5.11 Å². The van der Waals surface area contributed by atoms with Gasteiger partial charge in [-0.25, -0.2) is 0 Å². The van der Waals surface area contributed by atoms with Crippen molar-refractivity contribution in [1.29, 1.82) is 0 Å². The van der Waals surface area contributed by atoms with Crippen LogP contribution in [0.4, 0.5) is 5.69 Å². The molecule has 100 valence electrons. The Bertz CT molecular complexity index is 548. The lowest BCUT2D eigenvalue weighted by atomic mass is 9.88. The molecule has 1 aliphatic heterocycles. The summed E-state index contributed by atoms with van der Waals surface area (Å²) >= 11 is 0. The fourth-order valence-electron chi connectivity index (χ4n) is 3.09. The normalized spacial score (nSPS) is 19.4. The van der Waals surface area contributed by atoms with Crippen molar-refractivity contribution in [2.24, 2.45) is 5.92 Å². The van der Waals surface area contributed by atoms with Crippen LogP contribution >= 0.6 is 0 Å². The summed E-state index contributed by atoms with van der Waals surface area (Å²) in [5, 5.41) is 9.11. The van der Waals surface area contributed by atoms with Crippen molar-refractivity contribution < 1.29 is 14.7 Å². The number of hydrogen-bond donors (Lipinski definition) is 1. The van der Waals surface area contributed by atoms with Crippen LogP contribution in [0, 0.1) is 5.92 Å². The van der Waals surface area contributed by atoms with Crippen LogP contribution in [0.5, 0.6) is 0 Å². The third kappa shape index (κ3) is 2.11. The minimum atomic E-state index is -0.763. The van der Waals surface area contributed by atoms with E-state index in [2.05, 4.69) is 0 Å². The lowest BCUT2D eigenvalue weighted by Gasteiger charge is -2.21. The van der Waals surface area contributed by atoms with E-state index in [1.54, 1.807) is 11.9 Å². The standard InChI is InChI=1S/C15H17NO3/c1-16-13(17)7-10-3-2-4-11(15(10)16)12(8-14(18)19)9-5-6-9/h2-4,9,12H,5-8H2,1H3,(H,18,19). The zero-order valence-electron chi connectivity index (χ0n) is 10.9. The fourth-order valence-corrected chi connectivity index (χ4v) is 3.09. The van der Waals surface area contributed by atoms with Crippen molar-refractivity contribution in [2.45, 2.75) is 31.6 Å². The average Bonchev–Trinajstić information content (AvgIpc) is 3.14. The van der Waals surface area contributed by atoms with Crippen molar-refractivity contribution in [2.75, 3.05) is 11.9 Å². The van der Waals surface area contributed by atoms with Crippen LogP contribution in [0.1, 0.15) is 36.3 Å². The molecule has 1 aromatic rings. The molecule has 0 aromatic heterocycles. The van der Waals surface area contributed by atoms with Crippen LogP contribution in [0.15, 0.2) is 18.2 Å². The number of aliphatic carboxylic acids is 1. The average molecular weight is 259 g/mol. The SMILES string of the molecule is CN1C(=O)Cc2cccc(C(CC(=O)O)C3CC3)c21. The Morgan fingerprint density at radius 3 is 2.84 bits per heavy atom. The van der Waals surface area contributed by atoms with Crippen molar-refractivity contribution in [3.05, 3.63) is 29.3 Å². The first kappa shape index (κ1) is 12.2. The van der Waals surface area contributed by atoms with E-state index in [0.717, 1.165) is 29.7 Å². The first-order valence-electron chi connectivity index (χ1n) is 6.68. The molecule has 19 heavy (non-hydrogen) atoms. The van der Waals surface area contributed by atoms with E-state index in [0.29, 0.717) is 12.3 Å². The third-order valence-electron chi connectivity index (χ3n) is 4.19. The molecule has 2 aliphatic rings. The van der Waals surface area contributed by atoms with Crippen LogP contribution in [-0.4, -0.2) is 24.0 Å². The number of rotatable bonds is 4. The second-order valence-electron chi connectivity index (χ2n) is 5.53. The largest absolute Gasteiger partial charge is 0.481 e. The highest BCUT2D eigenvalue weighted by molar-refractivity contribution is 6.02. The van der Waals surface area contributed by atoms with Gasteiger partial charge in [0.2, 0.25) is 5.91 Å². The molecule has 3 rings (SSSR count). The van der Waals surface area contributed by atoms with Crippen molar-refractivity contribution >= 4 is 17.6 Å². The number of carbonyl (C=O) groups is 2. The monoisotopic (exact) mass is 259 g/mol. The van der Waals surface area contributed by atoms with E-state index < -0.39 is 5.97 Å². The molecule has 0 bridgehead atoms. The maximum Gasteiger partial charge on any atom is 0.303 e. The second-order valence-corrected chi connectivity index (χ2v) is 5.53. The number of nitrogens with zero attached hydrogens (tertiary/aromatic N) is 1. The number of benzene rings is 1. The lowest BCUT2D eigenvalue weighted by Crippen LogP contribution is -2.22. The van der Waals surface area contributed by atoms with Crippen molar-refractivity contribution in [1.82, 2.24) is 0 Å². The Balaban J connectivity index is 2.02. The zero-order valence-corrected chi connectivity index (χ0v) is 10.9. The molecule has 0 spiro atoms. The molecule has 1 atom stereocenters. The molecule has 4 nitrogen and oxygen atoms in total.